The molecule has 0 spiro atoms. The van der Waals surface area contributed by atoms with E-state index in [0.29, 0.717) is 6.20 Å². The minimum Gasteiger partial charge on any atom is -0.497 e. The van der Waals surface area contributed by atoms with Crippen LogP contribution in [0.15, 0.2) is 51.2 Å². The maximum Gasteiger partial charge on any atom is 0.488 e. The number of hydrogen-bond donors (Lipinski definition) is 1. The van der Waals surface area contributed by atoms with Crippen molar-refractivity contribution in [3.05, 3.63) is 46.4 Å². The van der Waals surface area contributed by atoms with Crippen LogP contribution in [-0.4, -0.2) is 45.1 Å². The summed E-state index contributed by atoms with van der Waals surface area (Å²) in [6.07, 6.45) is -3.11. The Bertz CT molecular complexity index is 1070. The van der Waals surface area contributed by atoms with Crippen LogP contribution in [0.1, 0.15) is 0 Å². The minimum absolute atomic E-state index is 0.0154. The van der Waals surface area contributed by atoms with Gasteiger partial charge in [-0.05, 0) is 12.1 Å². The molecule has 14 heteroatoms. The number of amidine groups is 1. The van der Waals surface area contributed by atoms with Crippen LogP contribution in [0.5, 0.6) is 5.75 Å². The third-order valence-electron chi connectivity index (χ3n) is 3.78. The lowest BCUT2D eigenvalue weighted by Crippen LogP contribution is -2.48. The number of carbonyl (C=O) groups excluding carboxylic acids is 1. The number of benzene rings is 1. The molecule has 0 aliphatic carbocycles. The van der Waals surface area contributed by atoms with Crippen molar-refractivity contribution in [3.63, 3.8) is 0 Å². The van der Waals surface area contributed by atoms with Gasteiger partial charge < -0.3 is 4.74 Å². The molecule has 0 atom stereocenters. The molecule has 0 saturated heterocycles. The van der Waals surface area contributed by atoms with E-state index >= 15 is 0 Å². The molecular weight excluding hydrogens is 460 g/mol. The van der Waals surface area contributed by atoms with Crippen LogP contribution in [0.3, 0.4) is 0 Å². The second-order valence-corrected chi connectivity index (χ2v) is 8.17. The predicted molar refractivity (Wildman–Crippen MR) is 97.7 cm³/mol. The molecule has 0 unspecified atom stereocenters. The van der Waals surface area contributed by atoms with E-state index in [1.165, 1.54) is 19.2 Å². The van der Waals surface area contributed by atoms with Gasteiger partial charge in [-0.25, -0.2) is 18.0 Å². The average molecular weight is 471 g/mol. The zero-order valence-electron chi connectivity index (χ0n) is 14.4. The Labute approximate surface area is 172 Å². The summed E-state index contributed by atoms with van der Waals surface area (Å²) in [6.45, 7) is -0.705. The quantitative estimate of drug-likeness (QED) is 0.538. The van der Waals surface area contributed by atoms with Gasteiger partial charge >= 0.3 is 12.1 Å². The summed E-state index contributed by atoms with van der Waals surface area (Å²) in [5.74, 6) is -1.10. The summed E-state index contributed by atoms with van der Waals surface area (Å²) in [7, 11) is -3.10. The number of halogens is 5. The van der Waals surface area contributed by atoms with Gasteiger partial charge in [0.25, 0.3) is 15.9 Å². The smallest absolute Gasteiger partial charge is 0.488 e. The zero-order valence-corrected chi connectivity index (χ0v) is 16.7. The van der Waals surface area contributed by atoms with Gasteiger partial charge in [0.1, 0.15) is 15.7 Å². The number of carbonyl (C=O) groups is 1. The molecule has 1 amide bonds. The van der Waals surface area contributed by atoms with Crippen molar-refractivity contribution < 1.29 is 31.1 Å². The van der Waals surface area contributed by atoms with Gasteiger partial charge in [0.2, 0.25) is 6.67 Å². The highest BCUT2D eigenvalue weighted by Crippen LogP contribution is 2.30. The Balaban J connectivity index is 1.84. The van der Waals surface area contributed by atoms with E-state index in [0.717, 1.165) is 17.2 Å². The van der Waals surface area contributed by atoms with E-state index in [2.05, 4.69) is 4.99 Å². The normalized spacial score (nSPS) is 17.3. The maximum atomic E-state index is 12.9. The highest BCUT2D eigenvalue weighted by Gasteiger charge is 2.47. The number of ether oxygens (including phenoxy) is 1. The molecule has 2 aliphatic heterocycles. The molecule has 0 saturated carbocycles. The molecule has 29 heavy (non-hydrogen) atoms. The van der Waals surface area contributed by atoms with E-state index in [-0.39, 0.29) is 26.5 Å². The number of sulfonamides is 1. The minimum atomic E-state index is -4.70. The summed E-state index contributed by atoms with van der Waals surface area (Å²) in [5, 5.41) is -0.534. The third-order valence-corrected chi connectivity index (χ3v) is 5.86. The zero-order chi connectivity index (χ0) is 21.6. The van der Waals surface area contributed by atoms with Crippen molar-refractivity contribution in [1.29, 1.82) is 0 Å². The maximum absolute atomic E-state index is 12.9. The Hall–Kier alpha value is -2.28. The van der Waals surface area contributed by atoms with Crippen molar-refractivity contribution in [2.24, 2.45) is 4.99 Å². The van der Waals surface area contributed by atoms with Gasteiger partial charge in [0.05, 0.1) is 12.1 Å². The second-order valence-electron chi connectivity index (χ2n) is 5.71. The third kappa shape index (κ3) is 4.34. The van der Waals surface area contributed by atoms with Crippen molar-refractivity contribution >= 4 is 45.0 Å². The number of fused-ring (bicyclic) bond motifs is 1. The fourth-order valence-electron chi connectivity index (χ4n) is 2.42. The van der Waals surface area contributed by atoms with E-state index in [9.17, 15) is 26.4 Å². The predicted octanol–water partition coefficient (Wildman–Crippen LogP) is 2.42. The first kappa shape index (κ1) is 21.4. The number of nitrogens with zero attached hydrogens (tertiary/aromatic N) is 3. The summed E-state index contributed by atoms with van der Waals surface area (Å²) in [5.41, 5.74) is -0.446. The molecule has 3 rings (SSSR count). The Morgan fingerprint density at radius 2 is 2.03 bits per heavy atom. The van der Waals surface area contributed by atoms with Crippen LogP contribution in [0.2, 0.25) is 5.02 Å². The lowest BCUT2D eigenvalue weighted by molar-refractivity contribution is -0.230. The van der Waals surface area contributed by atoms with Gasteiger partial charge in [0.15, 0.2) is 11.9 Å². The van der Waals surface area contributed by atoms with Crippen LogP contribution in [0.25, 0.3) is 0 Å². The highest BCUT2D eigenvalue weighted by atomic mass is 35.5. The largest absolute Gasteiger partial charge is 0.497 e. The SMILES string of the molecule is COc1ccc(Cl)c(S(=O)(=O)NC(=O)C2=C[N+]3CN(C(F)(F)F)C=C(Cl)C3=N2)c1. The van der Waals surface area contributed by atoms with E-state index in [1.54, 1.807) is 4.72 Å². The van der Waals surface area contributed by atoms with Gasteiger partial charge in [-0.1, -0.05) is 28.1 Å². The second kappa shape index (κ2) is 7.52. The molecule has 1 aromatic carbocycles. The molecule has 0 bridgehead atoms. The first-order valence-electron chi connectivity index (χ1n) is 7.61. The first-order chi connectivity index (χ1) is 13.4. The van der Waals surface area contributed by atoms with Crippen LogP contribution >= 0.6 is 23.2 Å². The Morgan fingerprint density at radius 1 is 1.34 bits per heavy atom. The fraction of sp³-hybridized carbons (Fsp3) is 0.200. The highest BCUT2D eigenvalue weighted by molar-refractivity contribution is 7.90. The molecule has 2 heterocycles. The number of aliphatic imine (C=N–C) groups is 1. The molecule has 0 aromatic heterocycles. The lowest BCUT2D eigenvalue weighted by Gasteiger charge is -2.25. The molecule has 1 aromatic rings. The number of hydrogen-bond acceptors (Lipinski definition) is 7. The lowest BCUT2D eigenvalue weighted by atomic mass is 10.3. The molecule has 1 radical (unpaired) electrons. The average Bonchev–Trinajstić information content (AvgIpc) is 3.06. The summed E-state index contributed by atoms with van der Waals surface area (Å²) in [4.78, 5) is 16.7. The van der Waals surface area contributed by atoms with Gasteiger partial charge in [0, 0.05) is 12.3 Å². The standard InChI is InChI=1S/C15H11Cl2F3N4O4S/c1-28-8-2-3-9(16)12(4-8)29(26,27)22-14(25)11-6-23-7-24(15(18,19)20)5-10(17)13(23)21-11/h2-6H,7H2,1H3,(H,22,25)/q+1. The van der Waals surface area contributed by atoms with Crippen LogP contribution in [0.4, 0.5) is 13.2 Å². The number of alkyl halides is 3. The monoisotopic (exact) mass is 470 g/mol. The van der Waals surface area contributed by atoms with Gasteiger partial charge in [-0.2, -0.15) is 4.99 Å². The van der Waals surface area contributed by atoms with E-state index < -0.39 is 39.5 Å². The number of nitrogens with one attached hydrogen (secondary N) is 1. The fourth-order valence-corrected chi connectivity index (χ4v) is 4.17. The van der Waals surface area contributed by atoms with Crippen molar-refractivity contribution in [2.45, 2.75) is 11.2 Å². The van der Waals surface area contributed by atoms with Crippen molar-refractivity contribution in [3.8, 4) is 5.75 Å². The van der Waals surface area contributed by atoms with Crippen LogP contribution in [0, 0.1) is 0 Å². The van der Waals surface area contributed by atoms with Crippen LogP contribution < -0.4 is 14.4 Å². The van der Waals surface area contributed by atoms with Crippen LogP contribution in [-0.2, 0) is 14.8 Å². The van der Waals surface area contributed by atoms with Crippen molar-refractivity contribution in [2.75, 3.05) is 13.8 Å². The molecule has 1 N–H and O–H groups in total. The number of amides is 1. The molecular formula is C15H11Cl2F3N4O4S+. The van der Waals surface area contributed by atoms with E-state index in [1.807, 2.05) is 0 Å². The summed E-state index contributed by atoms with van der Waals surface area (Å²) in [6, 6.07) is 3.80. The van der Waals surface area contributed by atoms with Crippen molar-refractivity contribution in [1.82, 2.24) is 14.5 Å². The topological polar surface area (TPSA) is 94.0 Å². The molecule has 155 valence electrons. The Kier molecular flexibility index (Phi) is 5.56. The summed E-state index contributed by atoms with van der Waals surface area (Å²) < 4.78 is 70.4. The number of methoxy groups -OCH3 is 1. The summed E-state index contributed by atoms with van der Waals surface area (Å²) >= 11 is 11.7. The number of rotatable bonds is 4. The Morgan fingerprint density at radius 3 is 2.66 bits per heavy atom. The van der Waals surface area contributed by atoms with E-state index in [4.69, 9.17) is 27.9 Å². The molecule has 2 aliphatic rings. The molecule has 8 nitrogen and oxygen atoms in total. The first-order valence-corrected chi connectivity index (χ1v) is 9.85. The van der Waals surface area contributed by atoms with Gasteiger partial charge in [-0.15, -0.1) is 13.2 Å². The van der Waals surface area contributed by atoms with Gasteiger partial charge in [-0.3, -0.25) is 4.79 Å². The molecule has 0 fully saturated rings.